The van der Waals surface area contributed by atoms with E-state index in [4.69, 9.17) is 0 Å². The summed E-state index contributed by atoms with van der Waals surface area (Å²) in [7, 11) is 0. The molecule has 0 aliphatic heterocycles. The minimum atomic E-state index is -4.80. The van der Waals surface area contributed by atoms with Crippen LogP contribution in [-0.2, 0) is 0 Å². The summed E-state index contributed by atoms with van der Waals surface area (Å²) in [4.78, 5) is 26.7. The fourth-order valence-electron chi connectivity index (χ4n) is 2.34. The molecule has 0 saturated heterocycles. The Morgan fingerprint density at radius 2 is 2.00 bits per heavy atom. The van der Waals surface area contributed by atoms with Gasteiger partial charge in [-0.15, -0.1) is 13.2 Å². The van der Waals surface area contributed by atoms with Crippen LogP contribution < -0.4 is 10.1 Å². The van der Waals surface area contributed by atoms with Gasteiger partial charge in [-0.1, -0.05) is 11.3 Å². The number of nitro benzene ring substituents is 1. The van der Waals surface area contributed by atoms with Crippen LogP contribution in [0.4, 0.5) is 24.0 Å². The lowest BCUT2D eigenvalue weighted by atomic mass is 10.1. The summed E-state index contributed by atoms with van der Waals surface area (Å²) >= 11 is 0.976. The van der Waals surface area contributed by atoms with Crippen molar-refractivity contribution in [3.05, 3.63) is 57.6 Å². The molecule has 0 atom stereocenters. The fourth-order valence-corrected chi connectivity index (χ4v) is 3.23. The van der Waals surface area contributed by atoms with Crippen molar-refractivity contribution in [2.75, 3.05) is 5.32 Å². The van der Waals surface area contributed by atoms with Gasteiger partial charge in [-0.2, -0.15) is 0 Å². The number of alkyl halides is 3. The predicted octanol–water partition coefficient (Wildman–Crippen LogP) is 4.66. The van der Waals surface area contributed by atoms with Gasteiger partial charge in [0.1, 0.15) is 5.75 Å². The number of benzene rings is 2. The number of anilines is 1. The molecule has 0 aliphatic carbocycles. The molecule has 27 heavy (non-hydrogen) atoms. The van der Waals surface area contributed by atoms with E-state index >= 15 is 0 Å². The van der Waals surface area contributed by atoms with Crippen LogP contribution in [0.5, 0.6) is 5.75 Å². The van der Waals surface area contributed by atoms with Crippen molar-refractivity contribution in [1.29, 1.82) is 0 Å². The third kappa shape index (κ3) is 4.31. The number of halogens is 3. The highest BCUT2D eigenvalue weighted by Crippen LogP contribution is 2.32. The average molecular weight is 397 g/mol. The Labute approximate surface area is 153 Å². The third-order valence-corrected chi connectivity index (χ3v) is 4.41. The number of hydrogen-bond acceptors (Lipinski definition) is 6. The monoisotopic (exact) mass is 397 g/mol. The summed E-state index contributed by atoms with van der Waals surface area (Å²) in [6.07, 6.45) is -4.80. The SMILES string of the molecule is Cc1cc([N+](=O)[O-])ccc1C(=O)Nc1nc2ccc(OC(F)(F)F)cc2s1. The van der Waals surface area contributed by atoms with Gasteiger partial charge in [0.2, 0.25) is 0 Å². The molecule has 2 aromatic carbocycles. The topological polar surface area (TPSA) is 94.4 Å². The van der Waals surface area contributed by atoms with Crippen LogP contribution in [0.25, 0.3) is 10.2 Å². The molecule has 0 bridgehead atoms. The van der Waals surface area contributed by atoms with Crippen molar-refractivity contribution >= 4 is 38.3 Å². The lowest BCUT2D eigenvalue weighted by molar-refractivity contribution is -0.384. The number of carbonyl (C=O) groups excluding carboxylic acids is 1. The van der Waals surface area contributed by atoms with Crippen LogP contribution in [0.15, 0.2) is 36.4 Å². The van der Waals surface area contributed by atoms with E-state index in [-0.39, 0.29) is 22.1 Å². The van der Waals surface area contributed by atoms with E-state index in [1.165, 1.54) is 30.3 Å². The van der Waals surface area contributed by atoms with Crippen molar-refractivity contribution in [1.82, 2.24) is 4.98 Å². The second-order valence-corrected chi connectivity index (χ2v) is 6.44. The molecular formula is C16H10F3N3O4S. The van der Waals surface area contributed by atoms with Crippen LogP contribution in [0.3, 0.4) is 0 Å². The van der Waals surface area contributed by atoms with E-state index in [1.54, 1.807) is 6.92 Å². The molecule has 11 heteroatoms. The largest absolute Gasteiger partial charge is 0.573 e. The number of nitro groups is 1. The van der Waals surface area contributed by atoms with E-state index in [9.17, 15) is 28.1 Å². The molecule has 0 radical (unpaired) electrons. The zero-order valence-corrected chi connectivity index (χ0v) is 14.4. The fraction of sp³-hybridized carbons (Fsp3) is 0.125. The van der Waals surface area contributed by atoms with Crippen LogP contribution in [-0.4, -0.2) is 22.2 Å². The van der Waals surface area contributed by atoms with Crippen LogP contribution in [0, 0.1) is 17.0 Å². The van der Waals surface area contributed by atoms with Crippen molar-refractivity contribution < 1.29 is 27.6 Å². The highest BCUT2D eigenvalue weighted by molar-refractivity contribution is 7.22. The van der Waals surface area contributed by atoms with Gasteiger partial charge in [-0.3, -0.25) is 20.2 Å². The summed E-state index contributed by atoms with van der Waals surface area (Å²) in [6, 6.07) is 7.45. The number of ether oxygens (including phenoxy) is 1. The number of nitrogens with zero attached hydrogens (tertiary/aromatic N) is 2. The first-order valence-electron chi connectivity index (χ1n) is 7.35. The molecule has 7 nitrogen and oxygen atoms in total. The lowest BCUT2D eigenvalue weighted by Gasteiger charge is -2.07. The number of rotatable bonds is 4. The summed E-state index contributed by atoms with van der Waals surface area (Å²) in [5, 5.41) is 13.5. The predicted molar refractivity (Wildman–Crippen MR) is 92.1 cm³/mol. The molecule has 1 amide bonds. The summed E-state index contributed by atoms with van der Waals surface area (Å²) in [6.45, 7) is 1.56. The van der Waals surface area contributed by atoms with Gasteiger partial charge in [0.05, 0.1) is 15.1 Å². The molecule has 0 fully saturated rings. The van der Waals surface area contributed by atoms with Crippen LogP contribution in [0.2, 0.25) is 0 Å². The minimum absolute atomic E-state index is 0.138. The van der Waals surface area contributed by atoms with Gasteiger partial charge in [0, 0.05) is 23.8 Å². The first-order valence-corrected chi connectivity index (χ1v) is 8.17. The Morgan fingerprint density at radius 1 is 1.26 bits per heavy atom. The maximum absolute atomic E-state index is 12.4. The summed E-state index contributed by atoms with van der Waals surface area (Å²) in [5.74, 6) is -0.920. The second-order valence-electron chi connectivity index (χ2n) is 5.41. The first-order chi connectivity index (χ1) is 12.6. The molecule has 140 valence electrons. The number of hydrogen-bond donors (Lipinski definition) is 1. The van der Waals surface area contributed by atoms with Gasteiger partial charge in [0.15, 0.2) is 5.13 Å². The summed E-state index contributed by atoms with van der Waals surface area (Å²) in [5.41, 5.74) is 0.885. The number of amides is 1. The molecule has 0 spiro atoms. The number of carbonyl (C=O) groups is 1. The van der Waals surface area contributed by atoms with E-state index in [0.717, 1.165) is 17.4 Å². The molecule has 3 rings (SSSR count). The number of thiazole rings is 1. The second kappa shape index (κ2) is 6.83. The average Bonchev–Trinajstić information content (AvgIpc) is 2.94. The molecule has 0 saturated carbocycles. The Kier molecular flexibility index (Phi) is 4.70. The van der Waals surface area contributed by atoms with Gasteiger partial charge in [-0.25, -0.2) is 4.98 Å². The van der Waals surface area contributed by atoms with Crippen LogP contribution in [0.1, 0.15) is 15.9 Å². The zero-order chi connectivity index (χ0) is 19.8. The number of fused-ring (bicyclic) bond motifs is 1. The van der Waals surface area contributed by atoms with Gasteiger partial charge < -0.3 is 4.74 Å². The van der Waals surface area contributed by atoms with Gasteiger partial charge >= 0.3 is 6.36 Å². The molecule has 0 aliphatic rings. The molecular weight excluding hydrogens is 387 g/mol. The molecule has 0 unspecified atom stereocenters. The van der Waals surface area contributed by atoms with E-state index in [2.05, 4.69) is 15.0 Å². The van der Waals surface area contributed by atoms with E-state index in [1.807, 2.05) is 0 Å². The number of non-ortho nitro benzene ring substituents is 1. The lowest BCUT2D eigenvalue weighted by Crippen LogP contribution is -2.16. The minimum Gasteiger partial charge on any atom is -0.406 e. The third-order valence-electron chi connectivity index (χ3n) is 3.48. The number of aryl methyl sites for hydroxylation is 1. The van der Waals surface area contributed by atoms with Gasteiger partial charge in [-0.05, 0) is 30.7 Å². The molecule has 1 heterocycles. The zero-order valence-electron chi connectivity index (χ0n) is 13.5. The number of aromatic nitrogens is 1. The smallest absolute Gasteiger partial charge is 0.406 e. The van der Waals surface area contributed by atoms with E-state index < -0.39 is 17.2 Å². The summed E-state index contributed by atoms with van der Waals surface area (Å²) < 4.78 is 41.1. The van der Waals surface area contributed by atoms with Crippen LogP contribution >= 0.6 is 11.3 Å². The standard InChI is InChI=1S/C16H10F3N3O4S/c1-8-6-9(22(24)25)2-4-11(8)14(23)21-15-20-12-5-3-10(7-13(12)27-15)26-16(17,18)19/h2-7H,1H3,(H,20,21,23). The Morgan fingerprint density at radius 3 is 2.63 bits per heavy atom. The molecule has 1 N–H and O–H groups in total. The number of nitrogens with one attached hydrogen (secondary N) is 1. The maximum Gasteiger partial charge on any atom is 0.573 e. The van der Waals surface area contributed by atoms with Gasteiger partial charge in [0.25, 0.3) is 11.6 Å². The van der Waals surface area contributed by atoms with Crippen molar-refractivity contribution in [3.63, 3.8) is 0 Å². The molecule has 3 aromatic rings. The van der Waals surface area contributed by atoms with E-state index in [0.29, 0.717) is 15.8 Å². The highest BCUT2D eigenvalue weighted by Gasteiger charge is 2.31. The Bertz CT molecular complexity index is 1050. The highest BCUT2D eigenvalue weighted by atomic mass is 32.1. The van der Waals surface area contributed by atoms with Crippen molar-refractivity contribution in [3.8, 4) is 5.75 Å². The first kappa shape index (κ1) is 18.6. The quantitative estimate of drug-likeness (QED) is 0.510. The Hall–Kier alpha value is -3.21. The Balaban J connectivity index is 1.82. The van der Waals surface area contributed by atoms with Crippen molar-refractivity contribution in [2.45, 2.75) is 13.3 Å². The molecule has 1 aromatic heterocycles. The maximum atomic E-state index is 12.4. The van der Waals surface area contributed by atoms with Crippen molar-refractivity contribution in [2.24, 2.45) is 0 Å². The normalized spacial score (nSPS) is 11.4.